The van der Waals surface area contributed by atoms with Crippen molar-refractivity contribution in [3.05, 3.63) is 63.7 Å². The molecule has 2 aromatic carbocycles. The number of carbonyl (C=O) groups is 2. The van der Waals surface area contributed by atoms with Crippen LogP contribution in [0.1, 0.15) is 53.8 Å². The minimum Gasteiger partial charge on any atom is -0.349 e. The number of hydrogen-bond donors (Lipinski definition) is 2. The Labute approximate surface area is 179 Å². The summed E-state index contributed by atoms with van der Waals surface area (Å²) in [6.45, 7) is 4.21. The van der Waals surface area contributed by atoms with E-state index in [-0.39, 0.29) is 23.2 Å². The van der Waals surface area contributed by atoms with Gasteiger partial charge in [0.1, 0.15) is 0 Å². The zero-order valence-electron chi connectivity index (χ0n) is 17.0. The van der Waals surface area contributed by atoms with Gasteiger partial charge in [-0.05, 0) is 67.3 Å². The van der Waals surface area contributed by atoms with Crippen molar-refractivity contribution >= 4 is 35.0 Å². The fourth-order valence-corrected chi connectivity index (χ4v) is 3.99. The molecule has 7 nitrogen and oxygen atoms in total. The van der Waals surface area contributed by atoms with Crippen molar-refractivity contribution in [2.24, 2.45) is 5.92 Å². The first-order valence-corrected chi connectivity index (χ1v) is 11.0. The third-order valence-corrected chi connectivity index (χ3v) is 5.78. The lowest BCUT2D eigenvalue weighted by Crippen LogP contribution is -2.25. The normalized spacial score (nSPS) is 13.2. The number of hydrogen-bond acceptors (Lipinski definition) is 5. The van der Waals surface area contributed by atoms with Gasteiger partial charge in [0.2, 0.25) is 0 Å². The number of carbonyl (C=O) groups excluding carboxylic acids is 2. The lowest BCUT2D eigenvalue weighted by atomic mass is 10.1. The van der Waals surface area contributed by atoms with E-state index in [0.29, 0.717) is 22.1 Å². The van der Waals surface area contributed by atoms with Crippen LogP contribution in [0.5, 0.6) is 0 Å². The van der Waals surface area contributed by atoms with Crippen LogP contribution >= 0.6 is 11.8 Å². The molecule has 2 aromatic rings. The van der Waals surface area contributed by atoms with Gasteiger partial charge >= 0.3 is 0 Å². The fourth-order valence-electron chi connectivity index (χ4n) is 2.73. The summed E-state index contributed by atoms with van der Waals surface area (Å²) in [6.07, 6.45) is 2.99. The highest BCUT2D eigenvalue weighted by Crippen LogP contribution is 2.31. The number of amides is 2. The van der Waals surface area contributed by atoms with Gasteiger partial charge in [0.05, 0.1) is 9.82 Å². The molecule has 0 saturated heterocycles. The van der Waals surface area contributed by atoms with Crippen LogP contribution in [0.2, 0.25) is 0 Å². The van der Waals surface area contributed by atoms with Crippen LogP contribution in [0.4, 0.5) is 11.4 Å². The maximum absolute atomic E-state index is 12.6. The summed E-state index contributed by atoms with van der Waals surface area (Å²) in [5.74, 6) is 0.737. The Kier molecular flexibility index (Phi) is 7.10. The number of nitro groups is 1. The van der Waals surface area contributed by atoms with E-state index in [1.165, 1.54) is 17.8 Å². The van der Waals surface area contributed by atoms with Gasteiger partial charge in [0.25, 0.3) is 17.5 Å². The number of nitro benzene ring substituents is 1. The van der Waals surface area contributed by atoms with Crippen molar-refractivity contribution in [2.75, 3.05) is 11.1 Å². The second-order valence-electron chi connectivity index (χ2n) is 7.75. The third kappa shape index (κ3) is 6.06. The molecule has 1 aliphatic carbocycles. The molecule has 1 aliphatic rings. The SMILES string of the molecule is CC(C)CCSc1ccc(C(=O)Nc2ccc(C(=O)NC3CC3)cc2)cc1[N+](=O)[O-]. The average molecular weight is 428 g/mol. The van der Waals surface area contributed by atoms with Gasteiger partial charge in [0, 0.05) is 28.9 Å². The number of thioether (sulfide) groups is 1. The summed E-state index contributed by atoms with van der Waals surface area (Å²) in [4.78, 5) is 36.1. The van der Waals surface area contributed by atoms with Crippen molar-refractivity contribution in [3.8, 4) is 0 Å². The predicted molar refractivity (Wildman–Crippen MR) is 118 cm³/mol. The predicted octanol–water partition coefficient (Wildman–Crippen LogP) is 4.88. The van der Waals surface area contributed by atoms with Gasteiger partial charge in [0.15, 0.2) is 0 Å². The van der Waals surface area contributed by atoms with Crippen LogP contribution < -0.4 is 10.6 Å². The summed E-state index contributed by atoms with van der Waals surface area (Å²) in [5.41, 5.74) is 1.19. The Morgan fingerprint density at radius 2 is 1.77 bits per heavy atom. The minimum atomic E-state index is -0.457. The van der Waals surface area contributed by atoms with Gasteiger partial charge in [-0.25, -0.2) is 0 Å². The molecule has 1 saturated carbocycles. The minimum absolute atomic E-state index is 0.0662. The smallest absolute Gasteiger partial charge is 0.283 e. The van der Waals surface area contributed by atoms with Gasteiger partial charge in [-0.1, -0.05) is 13.8 Å². The summed E-state index contributed by atoms with van der Waals surface area (Å²) in [5, 5.41) is 17.1. The molecule has 2 amide bonds. The van der Waals surface area contributed by atoms with E-state index in [9.17, 15) is 19.7 Å². The first-order valence-electron chi connectivity index (χ1n) is 9.97. The Bertz CT molecular complexity index is 940. The van der Waals surface area contributed by atoms with Gasteiger partial charge < -0.3 is 10.6 Å². The Morgan fingerprint density at radius 3 is 2.37 bits per heavy atom. The third-order valence-electron chi connectivity index (χ3n) is 4.69. The molecule has 0 aliphatic heterocycles. The molecule has 3 rings (SSSR count). The summed E-state index contributed by atoms with van der Waals surface area (Å²) < 4.78 is 0. The van der Waals surface area contributed by atoms with E-state index in [1.807, 2.05) is 0 Å². The number of benzene rings is 2. The van der Waals surface area contributed by atoms with E-state index >= 15 is 0 Å². The van der Waals surface area contributed by atoms with Crippen molar-refractivity contribution < 1.29 is 14.5 Å². The van der Waals surface area contributed by atoms with Crippen LogP contribution in [0.15, 0.2) is 47.4 Å². The van der Waals surface area contributed by atoms with Crippen molar-refractivity contribution in [2.45, 2.75) is 44.0 Å². The molecule has 0 radical (unpaired) electrons. The van der Waals surface area contributed by atoms with Crippen molar-refractivity contribution in [1.82, 2.24) is 5.32 Å². The zero-order chi connectivity index (χ0) is 21.7. The Hall–Kier alpha value is -2.87. The second kappa shape index (κ2) is 9.75. The Morgan fingerprint density at radius 1 is 1.10 bits per heavy atom. The average Bonchev–Trinajstić information content (AvgIpc) is 3.52. The van der Waals surface area contributed by atoms with Gasteiger partial charge in [-0.15, -0.1) is 11.8 Å². The fraction of sp³-hybridized carbons (Fsp3) is 0.364. The highest BCUT2D eigenvalue weighted by Gasteiger charge is 2.23. The van der Waals surface area contributed by atoms with Crippen LogP contribution in [0.25, 0.3) is 0 Å². The molecular weight excluding hydrogens is 402 g/mol. The molecule has 0 unspecified atom stereocenters. The lowest BCUT2D eigenvalue weighted by Gasteiger charge is -2.09. The number of nitrogens with one attached hydrogen (secondary N) is 2. The van der Waals surface area contributed by atoms with E-state index in [1.54, 1.807) is 36.4 Å². The molecule has 0 atom stereocenters. The van der Waals surface area contributed by atoms with E-state index < -0.39 is 10.8 Å². The largest absolute Gasteiger partial charge is 0.349 e. The van der Waals surface area contributed by atoms with Crippen LogP contribution in [0, 0.1) is 16.0 Å². The summed E-state index contributed by atoms with van der Waals surface area (Å²) in [7, 11) is 0. The molecule has 0 spiro atoms. The molecule has 1 fully saturated rings. The highest BCUT2D eigenvalue weighted by molar-refractivity contribution is 7.99. The van der Waals surface area contributed by atoms with Crippen LogP contribution in [-0.4, -0.2) is 28.5 Å². The lowest BCUT2D eigenvalue weighted by molar-refractivity contribution is -0.387. The molecular formula is C22H25N3O4S. The zero-order valence-corrected chi connectivity index (χ0v) is 17.8. The van der Waals surface area contributed by atoms with E-state index in [0.717, 1.165) is 25.0 Å². The second-order valence-corrected chi connectivity index (χ2v) is 8.89. The topological polar surface area (TPSA) is 101 Å². The highest BCUT2D eigenvalue weighted by atomic mass is 32.2. The first kappa shape index (κ1) is 21.8. The van der Waals surface area contributed by atoms with Crippen LogP contribution in [0.3, 0.4) is 0 Å². The Balaban J connectivity index is 1.66. The molecule has 8 heteroatoms. The van der Waals surface area contributed by atoms with Gasteiger partial charge in [-0.3, -0.25) is 19.7 Å². The first-order chi connectivity index (χ1) is 14.3. The monoisotopic (exact) mass is 427 g/mol. The van der Waals surface area contributed by atoms with E-state index in [4.69, 9.17) is 0 Å². The van der Waals surface area contributed by atoms with Crippen molar-refractivity contribution in [3.63, 3.8) is 0 Å². The summed E-state index contributed by atoms with van der Waals surface area (Å²) in [6, 6.07) is 11.4. The maximum Gasteiger partial charge on any atom is 0.283 e. The molecule has 30 heavy (non-hydrogen) atoms. The quantitative estimate of drug-likeness (QED) is 0.337. The van der Waals surface area contributed by atoms with E-state index in [2.05, 4.69) is 24.5 Å². The molecule has 0 bridgehead atoms. The maximum atomic E-state index is 12.6. The van der Waals surface area contributed by atoms with Crippen molar-refractivity contribution in [1.29, 1.82) is 0 Å². The standard InChI is InChI=1S/C22H25N3O4S/c1-14(2)11-12-30-20-10-5-16(13-19(20)25(28)29)22(27)24-17-6-3-15(4-7-17)21(26)23-18-8-9-18/h3-7,10,13-14,18H,8-9,11-12H2,1-2H3,(H,23,26)(H,24,27). The van der Waals surface area contributed by atoms with Crippen LogP contribution in [-0.2, 0) is 0 Å². The molecule has 158 valence electrons. The molecule has 2 N–H and O–H groups in total. The van der Waals surface area contributed by atoms with Gasteiger partial charge in [-0.2, -0.15) is 0 Å². The number of nitrogens with zero attached hydrogens (tertiary/aromatic N) is 1. The number of rotatable bonds is 9. The summed E-state index contributed by atoms with van der Waals surface area (Å²) >= 11 is 1.43. The number of anilines is 1. The molecule has 0 aromatic heterocycles. The molecule has 0 heterocycles.